The van der Waals surface area contributed by atoms with Crippen LogP contribution in [-0.4, -0.2) is 53.4 Å². The first-order chi connectivity index (χ1) is 17.7. The minimum atomic E-state index is -1.24. The highest BCUT2D eigenvalue weighted by molar-refractivity contribution is 5.16. The maximum absolute atomic E-state index is 11.1. The molecule has 1 fully saturated rings. The maximum atomic E-state index is 11.1. The van der Waals surface area contributed by atoms with Gasteiger partial charge in [-0.05, 0) is 16.7 Å². The van der Waals surface area contributed by atoms with Crippen molar-refractivity contribution in [2.24, 2.45) is 0 Å². The lowest BCUT2D eigenvalue weighted by atomic mass is 9.84. The van der Waals surface area contributed by atoms with Crippen molar-refractivity contribution < 1.29 is 29.2 Å². The quantitative estimate of drug-likeness (QED) is 0.373. The molecule has 6 atom stereocenters. The maximum Gasteiger partial charge on any atom is 0.116 e. The van der Waals surface area contributed by atoms with Gasteiger partial charge in [-0.2, -0.15) is 0 Å². The second kappa shape index (κ2) is 13.5. The van der Waals surface area contributed by atoms with Gasteiger partial charge in [0, 0.05) is 0 Å². The van der Waals surface area contributed by atoms with Crippen molar-refractivity contribution in [3.8, 4) is 0 Å². The van der Waals surface area contributed by atoms with E-state index in [2.05, 4.69) is 6.58 Å². The summed E-state index contributed by atoms with van der Waals surface area (Å²) in [4.78, 5) is 0. The molecule has 1 saturated carbocycles. The van der Waals surface area contributed by atoms with E-state index < -0.39 is 36.6 Å². The second-order valence-electron chi connectivity index (χ2n) is 8.85. The molecule has 0 unspecified atom stereocenters. The molecule has 3 aromatic rings. The summed E-state index contributed by atoms with van der Waals surface area (Å²) in [6.45, 7) is 4.75. The van der Waals surface area contributed by atoms with Crippen molar-refractivity contribution in [1.82, 2.24) is 0 Å². The van der Waals surface area contributed by atoms with Crippen LogP contribution in [-0.2, 0) is 38.8 Å². The van der Waals surface area contributed by atoms with E-state index in [-0.39, 0.29) is 13.2 Å². The number of aliphatic hydroxyl groups is 2. The fraction of sp³-hybridized carbons (Fsp3) is 0.333. The van der Waals surface area contributed by atoms with Crippen molar-refractivity contribution in [3.05, 3.63) is 120 Å². The molecule has 0 aliphatic heterocycles. The third-order valence-corrected chi connectivity index (χ3v) is 6.26. The van der Waals surface area contributed by atoms with Crippen LogP contribution in [0.5, 0.6) is 0 Å². The number of aliphatic hydroxyl groups excluding tert-OH is 2. The van der Waals surface area contributed by atoms with Crippen LogP contribution in [0.1, 0.15) is 16.7 Å². The number of benzene rings is 3. The third-order valence-electron chi connectivity index (χ3n) is 6.26. The van der Waals surface area contributed by atoms with Crippen molar-refractivity contribution >= 4 is 0 Å². The molecule has 1 aliphatic rings. The molecule has 6 heteroatoms. The molecule has 190 valence electrons. The van der Waals surface area contributed by atoms with Crippen molar-refractivity contribution in [2.75, 3.05) is 6.61 Å². The number of hydrogen-bond acceptors (Lipinski definition) is 6. The van der Waals surface area contributed by atoms with E-state index in [0.29, 0.717) is 13.2 Å². The highest BCUT2D eigenvalue weighted by Crippen LogP contribution is 2.32. The average Bonchev–Trinajstić information content (AvgIpc) is 2.93. The van der Waals surface area contributed by atoms with Crippen LogP contribution >= 0.6 is 0 Å². The van der Waals surface area contributed by atoms with Crippen LogP contribution in [0.4, 0.5) is 0 Å². The fourth-order valence-electron chi connectivity index (χ4n) is 4.40. The Labute approximate surface area is 212 Å². The highest BCUT2D eigenvalue weighted by Gasteiger charge is 2.52. The molecule has 0 radical (unpaired) electrons. The van der Waals surface area contributed by atoms with E-state index in [1.54, 1.807) is 6.08 Å². The Morgan fingerprint density at radius 2 is 0.861 bits per heavy atom. The Morgan fingerprint density at radius 1 is 0.528 bits per heavy atom. The summed E-state index contributed by atoms with van der Waals surface area (Å²) in [6.07, 6.45) is -3.94. The molecule has 0 bridgehead atoms. The second-order valence-corrected chi connectivity index (χ2v) is 8.85. The zero-order chi connectivity index (χ0) is 25.2. The molecule has 0 saturated heterocycles. The van der Waals surface area contributed by atoms with E-state index in [4.69, 9.17) is 18.9 Å². The fourth-order valence-corrected chi connectivity index (χ4v) is 4.40. The highest BCUT2D eigenvalue weighted by atomic mass is 16.6. The van der Waals surface area contributed by atoms with Crippen molar-refractivity contribution in [2.45, 2.75) is 56.4 Å². The first-order valence-corrected chi connectivity index (χ1v) is 12.2. The van der Waals surface area contributed by atoms with Gasteiger partial charge >= 0.3 is 0 Å². The van der Waals surface area contributed by atoms with Gasteiger partial charge < -0.3 is 29.2 Å². The van der Waals surface area contributed by atoms with Crippen molar-refractivity contribution in [1.29, 1.82) is 0 Å². The van der Waals surface area contributed by atoms with Crippen LogP contribution in [0.3, 0.4) is 0 Å². The third kappa shape index (κ3) is 6.89. The minimum absolute atomic E-state index is 0.195. The molecule has 3 aromatic carbocycles. The predicted octanol–water partition coefficient (Wildman–Crippen LogP) is 4.05. The Morgan fingerprint density at radius 3 is 1.22 bits per heavy atom. The van der Waals surface area contributed by atoms with Gasteiger partial charge in [-0.3, -0.25) is 0 Å². The lowest BCUT2D eigenvalue weighted by Crippen LogP contribution is -2.66. The standard InChI is InChI=1S/C30H34O6/c1-2-18-33-27-25(31)26(32)28(34-19-22-12-6-3-7-13-22)30(36-21-24-16-10-5-11-17-24)29(27)35-20-23-14-8-4-9-15-23/h2-17,25-32H,1,18-21H2/t25-,26+,27+,28+,29-,30+/m0/s1. The molecule has 36 heavy (non-hydrogen) atoms. The molecule has 0 heterocycles. The lowest BCUT2D eigenvalue weighted by Gasteiger charge is -2.47. The number of rotatable bonds is 12. The molecule has 1 aliphatic carbocycles. The molecule has 0 spiro atoms. The largest absolute Gasteiger partial charge is 0.387 e. The van der Waals surface area contributed by atoms with E-state index >= 15 is 0 Å². The van der Waals surface area contributed by atoms with Gasteiger partial charge in [-0.25, -0.2) is 0 Å². The summed E-state index contributed by atoms with van der Waals surface area (Å²) < 4.78 is 24.8. The van der Waals surface area contributed by atoms with E-state index in [1.807, 2.05) is 91.0 Å². The van der Waals surface area contributed by atoms with Crippen LogP contribution in [0.15, 0.2) is 104 Å². The number of hydrogen-bond donors (Lipinski definition) is 2. The summed E-state index contributed by atoms with van der Waals surface area (Å²) in [5, 5.41) is 22.2. The first-order valence-electron chi connectivity index (χ1n) is 12.2. The zero-order valence-electron chi connectivity index (χ0n) is 20.3. The van der Waals surface area contributed by atoms with E-state index in [9.17, 15) is 10.2 Å². The van der Waals surface area contributed by atoms with Gasteiger partial charge in [-0.1, -0.05) is 97.1 Å². The Bertz CT molecular complexity index is 1030. The van der Waals surface area contributed by atoms with Crippen LogP contribution in [0, 0.1) is 0 Å². The summed E-state index contributed by atoms with van der Waals surface area (Å²) in [6, 6.07) is 29.2. The van der Waals surface area contributed by atoms with Crippen LogP contribution in [0.2, 0.25) is 0 Å². The molecular formula is C30H34O6. The Kier molecular flexibility index (Phi) is 9.81. The average molecular weight is 491 g/mol. The molecular weight excluding hydrogens is 456 g/mol. The van der Waals surface area contributed by atoms with Gasteiger partial charge in [0.1, 0.15) is 36.6 Å². The van der Waals surface area contributed by atoms with Gasteiger partial charge in [0.05, 0.1) is 26.4 Å². The van der Waals surface area contributed by atoms with Gasteiger partial charge in [0.15, 0.2) is 0 Å². The number of ether oxygens (including phenoxy) is 4. The van der Waals surface area contributed by atoms with E-state index in [0.717, 1.165) is 16.7 Å². The summed E-state index contributed by atoms with van der Waals surface area (Å²) in [7, 11) is 0. The Hall–Kier alpha value is -2.84. The van der Waals surface area contributed by atoms with Gasteiger partial charge in [0.2, 0.25) is 0 Å². The zero-order valence-corrected chi connectivity index (χ0v) is 20.3. The Balaban J connectivity index is 1.60. The first kappa shape index (κ1) is 26.2. The topological polar surface area (TPSA) is 77.4 Å². The summed E-state index contributed by atoms with van der Waals surface area (Å²) >= 11 is 0. The summed E-state index contributed by atoms with van der Waals surface area (Å²) in [5.41, 5.74) is 2.90. The smallest absolute Gasteiger partial charge is 0.116 e. The summed E-state index contributed by atoms with van der Waals surface area (Å²) in [5.74, 6) is 0. The normalized spacial score (nSPS) is 25.9. The van der Waals surface area contributed by atoms with Gasteiger partial charge in [0.25, 0.3) is 0 Å². The molecule has 6 nitrogen and oxygen atoms in total. The van der Waals surface area contributed by atoms with Crippen LogP contribution in [0.25, 0.3) is 0 Å². The lowest BCUT2D eigenvalue weighted by molar-refractivity contribution is -0.270. The minimum Gasteiger partial charge on any atom is -0.387 e. The molecule has 4 rings (SSSR count). The molecule has 0 aromatic heterocycles. The van der Waals surface area contributed by atoms with Crippen molar-refractivity contribution in [3.63, 3.8) is 0 Å². The molecule has 2 N–H and O–H groups in total. The molecule has 0 amide bonds. The SMILES string of the molecule is C=CCO[C@@H]1[C@@H](O)[C@@H](O)[C@@H](OCc2ccccc2)[C@@H](OCc2ccccc2)[C@H]1OCc1ccccc1. The van der Waals surface area contributed by atoms with E-state index in [1.165, 1.54) is 0 Å². The monoisotopic (exact) mass is 490 g/mol. The van der Waals surface area contributed by atoms with Crippen LogP contribution < -0.4 is 0 Å². The van der Waals surface area contributed by atoms with Gasteiger partial charge in [-0.15, -0.1) is 6.58 Å². The predicted molar refractivity (Wildman–Crippen MR) is 137 cm³/mol.